The fourth-order valence-corrected chi connectivity index (χ4v) is 5.73. The summed E-state index contributed by atoms with van der Waals surface area (Å²) < 4.78 is 11.7. The zero-order valence-electron chi connectivity index (χ0n) is 27.7. The highest BCUT2D eigenvalue weighted by Gasteiger charge is 2.44. The maximum Gasteiger partial charge on any atom is 0.246 e. The number of nitrogens with one attached hydrogen (secondary N) is 2. The first-order valence-electron chi connectivity index (χ1n) is 15.2. The van der Waals surface area contributed by atoms with Crippen molar-refractivity contribution in [3.63, 3.8) is 0 Å². The van der Waals surface area contributed by atoms with Gasteiger partial charge in [0, 0.05) is 26.1 Å². The van der Waals surface area contributed by atoms with Crippen LogP contribution in [0.25, 0.3) is 10.4 Å². The molecule has 2 aromatic rings. The van der Waals surface area contributed by atoms with Crippen molar-refractivity contribution in [2.45, 2.75) is 111 Å². The van der Waals surface area contributed by atoms with Gasteiger partial charge in [0.25, 0.3) is 0 Å². The molecule has 0 bridgehead atoms. The number of nitrogens with zero attached hydrogens (tertiary/aromatic N) is 2. The number of β-amino-alcohol motifs (C(OH)–C–C–N with tert-alkyl or cyclic N) is 1. The first-order chi connectivity index (χ1) is 20.4. The lowest BCUT2D eigenvalue weighted by Crippen LogP contribution is -2.58. The normalized spacial score (nSPS) is 18.3. The molecule has 0 saturated carbocycles. The minimum Gasteiger partial charge on any atom is -0.391 e. The fraction of sp³-hybridized carbons (Fsp3) is 0.636. The number of likely N-dealkylation sites (tertiary alicyclic amines) is 1. The van der Waals surface area contributed by atoms with Gasteiger partial charge in [0.1, 0.15) is 18.7 Å². The molecule has 3 N–H and O–H groups in total. The Morgan fingerprint density at radius 1 is 1.07 bits per heavy atom. The van der Waals surface area contributed by atoms with Crippen molar-refractivity contribution in [3.8, 4) is 10.4 Å². The van der Waals surface area contributed by atoms with Crippen molar-refractivity contribution in [1.29, 1.82) is 0 Å². The Labute approximate surface area is 265 Å². The second kappa shape index (κ2) is 14.5. The number of hydrogen-bond donors (Lipinski definition) is 3. The van der Waals surface area contributed by atoms with Crippen LogP contribution < -0.4 is 10.6 Å². The number of amides is 3. The Hall–Kier alpha value is -2.86. The van der Waals surface area contributed by atoms with Crippen molar-refractivity contribution >= 4 is 29.1 Å². The number of ether oxygens (including phenoxy) is 2. The molecule has 1 fully saturated rings. The van der Waals surface area contributed by atoms with E-state index in [2.05, 4.69) is 15.6 Å². The predicted molar refractivity (Wildman–Crippen MR) is 172 cm³/mol. The summed E-state index contributed by atoms with van der Waals surface area (Å²) in [6.45, 7) is 17.8. The van der Waals surface area contributed by atoms with Gasteiger partial charge in [0.2, 0.25) is 17.7 Å². The van der Waals surface area contributed by atoms with E-state index in [1.165, 1.54) is 4.90 Å². The Kier molecular flexibility index (Phi) is 11.7. The standard InChI is InChI=1S/C33H50N4O6S/c1-21-27(44-20-35-21)23-12-10-22(11-13-23)17-34-29(40)25-16-24(38)18-37(25)30(41)28(31(2,3)4)36-26(39)19-43-33(8,9)14-15-42-32(5,6)7/h10-13,20,24-25,28,38H,14-19H2,1-9H3,(H,34,40)(H,36,39)/t24?,25?,28-/m1/s1. The minimum absolute atomic E-state index is 0.0135. The molecule has 3 rings (SSSR count). The largest absolute Gasteiger partial charge is 0.391 e. The van der Waals surface area contributed by atoms with Gasteiger partial charge in [-0.05, 0) is 64.5 Å². The van der Waals surface area contributed by atoms with Crippen LogP contribution in [-0.2, 0) is 30.4 Å². The van der Waals surface area contributed by atoms with E-state index < -0.39 is 41.0 Å². The van der Waals surface area contributed by atoms with E-state index in [9.17, 15) is 19.5 Å². The van der Waals surface area contributed by atoms with Gasteiger partial charge in [-0.3, -0.25) is 14.4 Å². The monoisotopic (exact) mass is 630 g/mol. The lowest BCUT2D eigenvalue weighted by Gasteiger charge is -2.35. The van der Waals surface area contributed by atoms with Crippen LogP contribution in [0.2, 0.25) is 0 Å². The third-order valence-corrected chi connectivity index (χ3v) is 8.52. The lowest BCUT2D eigenvalue weighted by molar-refractivity contribution is -0.146. The second-order valence-electron chi connectivity index (χ2n) is 14.2. The summed E-state index contributed by atoms with van der Waals surface area (Å²) >= 11 is 1.58. The van der Waals surface area contributed by atoms with Crippen molar-refractivity contribution < 1.29 is 29.0 Å². The smallest absolute Gasteiger partial charge is 0.246 e. The third-order valence-electron chi connectivity index (χ3n) is 7.54. The van der Waals surface area contributed by atoms with Crippen LogP contribution in [0.3, 0.4) is 0 Å². The molecule has 11 heteroatoms. The molecule has 0 radical (unpaired) electrons. The van der Waals surface area contributed by atoms with Gasteiger partial charge >= 0.3 is 0 Å². The summed E-state index contributed by atoms with van der Waals surface area (Å²) in [6.07, 6.45) is -0.121. The number of rotatable bonds is 12. The van der Waals surface area contributed by atoms with Gasteiger partial charge in [-0.25, -0.2) is 4.98 Å². The highest BCUT2D eigenvalue weighted by molar-refractivity contribution is 7.13. The van der Waals surface area contributed by atoms with Gasteiger partial charge < -0.3 is 30.1 Å². The SMILES string of the molecule is Cc1ncsc1-c1ccc(CNC(=O)C2CC(O)CN2C(=O)[C@@H](NC(=O)COC(C)(C)CCOC(C)(C)C)C(C)(C)C)cc1. The molecule has 3 amide bonds. The Morgan fingerprint density at radius 2 is 1.73 bits per heavy atom. The molecule has 1 aromatic carbocycles. The number of aliphatic hydroxyl groups is 1. The van der Waals surface area contributed by atoms with Gasteiger partial charge in [-0.2, -0.15) is 0 Å². The molecule has 1 saturated heterocycles. The Bertz CT molecular complexity index is 1280. The average molecular weight is 631 g/mol. The summed E-state index contributed by atoms with van der Waals surface area (Å²) in [5.74, 6) is -1.19. The number of aromatic nitrogens is 1. The fourth-order valence-electron chi connectivity index (χ4n) is 4.92. The summed E-state index contributed by atoms with van der Waals surface area (Å²) in [6, 6.07) is 6.13. The van der Waals surface area contributed by atoms with Crippen LogP contribution >= 0.6 is 11.3 Å². The molecule has 3 atom stereocenters. The van der Waals surface area contributed by atoms with Crippen LogP contribution in [0.5, 0.6) is 0 Å². The van der Waals surface area contributed by atoms with E-state index in [1.54, 1.807) is 11.3 Å². The van der Waals surface area contributed by atoms with E-state index in [1.807, 2.05) is 92.1 Å². The molecule has 1 aliphatic rings. The molecule has 244 valence electrons. The minimum atomic E-state index is -0.922. The van der Waals surface area contributed by atoms with Crippen LogP contribution in [-0.4, -0.2) is 81.9 Å². The van der Waals surface area contributed by atoms with E-state index in [-0.39, 0.29) is 37.6 Å². The highest BCUT2D eigenvalue weighted by atomic mass is 32.1. The molecule has 2 unspecified atom stereocenters. The van der Waals surface area contributed by atoms with Gasteiger partial charge in [0.05, 0.1) is 33.4 Å². The molecular weight excluding hydrogens is 580 g/mol. The molecule has 0 aliphatic carbocycles. The molecular formula is C33H50N4O6S. The number of thiazole rings is 1. The first kappa shape index (κ1) is 35.6. The van der Waals surface area contributed by atoms with Crippen molar-refractivity contribution in [2.24, 2.45) is 5.41 Å². The number of carbonyl (C=O) groups excluding carboxylic acids is 3. The van der Waals surface area contributed by atoms with Crippen molar-refractivity contribution in [2.75, 3.05) is 19.8 Å². The Morgan fingerprint density at radius 3 is 2.30 bits per heavy atom. The zero-order valence-corrected chi connectivity index (χ0v) is 28.5. The molecule has 1 aliphatic heterocycles. The van der Waals surface area contributed by atoms with Crippen LogP contribution in [0, 0.1) is 12.3 Å². The van der Waals surface area contributed by atoms with E-state index >= 15 is 0 Å². The van der Waals surface area contributed by atoms with Gasteiger partial charge in [-0.15, -0.1) is 11.3 Å². The maximum atomic E-state index is 13.8. The topological polar surface area (TPSA) is 130 Å². The maximum absolute atomic E-state index is 13.8. The second-order valence-corrected chi connectivity index (χ2v) is 15.1. The molecule has 2 heterocycles. The van der Waals surface area contributed by atoms with E-state index in [4.69, 9.17) is 9.47 Å². The average Bonchev–Trinajstić information content (AvgIpc) is 3.53. The van der Waals surface area contributed by atoms with Crippen LogP contribution in [0.4, 0.5) is 0 Å². The van der Waals surface area contributed by atoms with E-state index in [0.717, 1.165) is 21.7 Å². The van der Waals surface area contributed by atoms with Gasteiger partial charge in [-0.1, -0.05) is 45.0 Å². The number of aryl methyl sites for hydroxylation is 1. The zero-order chi connectivity index (χ0) is 32.9. The molecule has 10 nitrogen and oxygen atoms in total. The first-order valence-corrected chi connectivity index (χ1v) is 16.1. The molecule has 1 aromatic heterocycles. The number of hydrogen-bond acceptors (Lipinski definition) is 8. The predicted octanol–water partition coefficient (Wildman–Crippen LogP) is 4.23. The number of aliphatic hydroxyl groups excluding tert-OH is 1. The molecule has 0 spiro atoms. The highest BCUT2D eigenvalue weighted by Crippen LogP contribution is 2.28. The van der Waals surface area contributed by atoms with Crippen molar-refractivity contribution in [1.82, 2.24) is 20.5 Å². The number of benzene rings is 1. The lowest BCUT2D eigenvalue weighted by atomic mass is 9.85. The van der Waals surface area contributed by atoms with E-state index in [0.29, 0.717) is 13.0 Å². The summed E-state index contributed by atoms with van der Waals surface area (Å²) in [4.78, 5) is 46.9. The van der Waals surface area contributed by atoms with Crippen LogP contribution in [0.15, 0.2) is 29.8 Å². The summed E-state index contributed by atoms with van der Waals surface area (Å²) in [5, 5.41) is 16.2. The van der Waals surface area contributed by atoms with Gasteiger partial charge in [0.15, 0.2) is 0 Å². The third kappa shape index (κ3) is 10.4. The van der Waals surface area contributed by atoms with Crippen molar-refractivity contribution in [3.05, 3.63) is 41.0 Å². The molecule has 44 heavy (non-hydrogen) atoms. The van der Waals surface area contributed by atoms with Crippen LogP contribution in [0.1, 0.15) is 79.5 Å². The quantitative estimate of drug-likeness (QED) is 0.320. The number of carbonyl (C=O) groups is 3. The Balaban J connectivity index is 1.60. The summed E-state index contributed by atoms with van der Waals surface area (Å²) in [5.41, 5.74) is 3.24. The summed E-state index contributed by atoms with van der Waals surface area (Å²) in [7, 11) is 0.